The molecule has 0 atom stereocenters. The third-order valence-electron chi connectivity index (χ3n) is 1.89. The number of nitrogen functional groups attached to an aromatic ring is 1. The Morgan fingerprint density at radius 1 is 1.57 bits per heavy atom. The average Bonchev–Trinajstić information content (AvgIpc) is 2.42. The van der Waals surface area contributed by atoms with Crippen molar-refractivity contribution in [2.75, 3.05) is 5.73 Å². The van der Waals surface area contributed by atoms with Gasteiger partial charge in [-0.25, -0.2) is 9.78 Å². The summed E-state index contributed by atoms with van der Waals surface area (Å²) >= 11 is 1.30. The lowest BCUT2D eigenvalue weighted by Crippen LogP contribution is -1.98. The SMILES string of the molecule is Cc1cc(C(=O)O)c2nc(N)sc2c1. The van der Waals surface area contributed by atoms with Crippen LogP contribution in [0.15, 0.2) is 12.1 Å². The van der Waals surface area contributed by atoms with Crippen molar-refractivity contribution < 1.29 is 9.90 Å². The van der Waals surface area contributed by atoms with Gasteiger partial charge in [-0.3, -0.25) is 0 Å². The van der Waals surface area contributed by atoms with Crippen molar-refractivity contribution in [2.45, 2.75) is 6.92 Å². The number of nitrogens with two attached hydrogens (primary N) is 1. The van der Waals surface area contributed by atoms with E-state index < -0.39 is 5.97 Å². The van der Waals surface area contributed by atoms with Crippen molar-refractivity contribution in [1.29, 1.82) is 0 Å². The summed E-state index contributed by atoms with van der Waals surface area (Å²) in [5, 5.41) is 9.34. The summed E-state index contributed by atoms with van der Waals surface area (Å²) < 4.78 is 0.819. The van der Waals surface area contributed by atoms with E-state index in [9.17, 15) is 4.79 Å². The number of hydrogen-bond acceptors (Lipinski definition) is 4. The molecule has 0 aliphatic carbocycles. The molecule has 3 N–H and O–H groups in total. The Morgan fingerprint density at radius 2 is 2.29 bits per heavy atom. The van der Waals surface area contributed by atoms with Gasteiger partial charge in [-0.2, -0.15) is 0 Å². The van der Waals surface area contributed by atoms with Crippen LogP contribution in [0.2, 0.25) is 0 Å². The Bertz CT molecular complexity index is 519. The molecule has 0 saturated heterocycles. The third-order valence-corrected chi connectivity index (χ3v) is 2.72. The van der Waals surface area contributed by atoms with Gasteiger partial charge in [-0.05, 0) is 24.6 Å². The van der Waals surface area contributed by atoms with Crippen molar-refractivity contribution in [3.05, 3.63) is 23.3 Å². The molecular formula is C9H8N2O2S. The minimum Gasteiger partial charge on any atom is -0.478 e. The molecule has 1 heterocycles. The van der Waals surface area contributed by atoms with E-state index >= 15 is 0 Å². The van der Waals surface area contributed by atoms with E-state index in [1.807, 2.05) is 13.0 Å². The van der Waals surface area contributed by atoms with Gasteiger partial charge in [0.25, 0.3) is 0 Å². The molecule has 0 saturated carbocycles. The summed E-state index contributed by atoms with van der Waals surface area (Å²) in [6.07, 6.45) is 0. The number of nitrogens with zero attached hydrogens (tertiary/aromatic N) is 1. The molecule has 0 fully saturated rings. The Labute approximate surface area is 84.0 Å². The first-order valence-electron chi connectivity index (χ1n) is 3.98. The highest BCUT2D eigenvalue weighted by Crippen LogP contribution is 2.27. The first-order chi connectivity index (χ1) is 6.58. The molecule has 0 amide bonds. The summed E-state index contributed by atoms with van der Waals surface area (Å²) in [5.41, 5.74) is 7.12. The summed E-state index contributed by atoms with van der Waals surface area (Å²) in [6.45, 7) is 1.85. The van der Waals surface area contributed by atoms with Crippen molar-refractivity contribution >= 4 is 32.7 Å². The van der Waals surface area contributed by atoms with Crippen molar-refractivity contribution in [3.63, 3.8) is 0 Å². The fourth-order valence-corrected chi connectivity index (χ4v) is 2.21. The average molecular weight is 208 g/mol. The van der Waals surface area contributed by atoms with E-state index in [2.05, 4.69) is 4.98 Å². The van der Waals surface area contributed by atoms with Crippen LogP contribution in [0.1, 0.15) is 15.9 Å². The molecular weight excluding hydrogens is 200 g/mol. The van der Waals surface area contributed by atoms with Gasteiger partial charge in [0.05, 0.1) is 15.8 Å². The molecule has 14 heavy (non-hydrogen) atoms. The summed E-state index contributed by atoms with van der Waals surface area (Å²) in [4.78, 5) is 14.9. The molecule has 0 spiro atoms. The zero-order valence-corrected chi connectivity index (χ0v) is 8.26. The van der Waals surface area contributed by atoms with Crippen LogP contribution in [-0.2, 0) is 0 Å². The first-order valence-corrected chi connectivity index (χ1v) is 4.79. The summed E-state index contributed by atoms with van der Waals surface area (Å²) in [5.74, 6) is -0.969. The number of aromatic nitrogens is 1. The number of anilines is 1. The lowest BCUT2D eigenvalue weighted by Gasteiger charge is -1.97. The maximum absolute atomic E-state index is 10.9. The van der Waals surface area contributed by atoms with E-state index in [-0.39, 0.29) is 5.56 Å². The second-order valence-corrected chi connectivity index (χ2v) is 4.08. The van der Waals surface area contributed by atoms with Gasteiger partial charge in [0.2, 0.25) is 0 Å². The summed E-state index contributed by atoms with van der Waals surface area (Å²) in [7, 11) is 0. The normalized spacial score (nSPS) is 10.6. The molecule has 1 aromatic carbocycles. The monoisotopic (exact) mass is 208 g/mol. The van der Waals surface area contributed by atoms with E-state index in [1.54, 1.807) is 6.07 Å². The van der Waals surface area contributed by atoms with Crippen LogP contribution in [0.4, 0.5) is 5.13 Å². The zero-order valence-electron chi connectivity index (χ0n) is 7.44. The number of hydrogen-bond donors (Lipinski definition) is 2. The first kappa shape index (κ1) is 8.96. The zero-order chi connectivity index (χ0) is 10.3. The number of thiazole rings is 1. The van der Waals surface area contributed by atoms with Crippen LogP contribution < -0.4 is 5.73 Å². The minimum absolute atomic E-state index is 0.216. The number of aryl methyl sites for hydroxylation is 1. The lowest BCUT2D eigenvalue weighted by atomic mass is 10.1. The fraction of sp³-hybridized carbons (Fsp3) is 0.111. The summed E-state index contributed by atoms with van der Waals surface area (Å²) in [6, 6.07) is 3.49. The smallest absolute Gasteiger partial charge is 0.337 e. The second kappa shape index (κ2) is 2.95. The van der Waals surface area contributed by atoms with Crippen molar-refractivity contribution in [1.82, 2.24) is 4.98 Å². The molecule has 2 aromatic rings. The maximum Gasteiger partial charge on any atom is 0.337 e. The Balaban J connectivity index is 2.85. The number of aromatic carboxylic acids is 1. The van der Waals surface area contributed by atoms with E-state index in [1.165, 1.54) is 11.3 Å². The molecule has 0 unspecified atom stereocenters. The maximum atomic E-state index is 10.9. The molecule has 72 valence electrons. The molecule has 1 aromatic heterocycles. The van der Waals surface area contributed by atoms with E-state index in [4.69, 9.17) is 10.8 Å². The number of carbonyl (C=O) groups is 1. The molecule has 0 aliphatic heterocycles. The quantitative estimate of drug-likeness (QED) is 0.750. The van der Waals surface area contributed by atoms with E-state index in [0.717, 1.165) is 10.3 Å². The van der Waals surface area contributed by atoms with Crippen LogP contribution in [0.5, 0.6) is 0 Å². The van der Waals surface area contributed by atoms with Crippen LogP contribution in [0.3, 0.4) is 0 Å². The van der Waals surface area contributed by atoms with Crippen LogP contribution in [0, 0.1) is 6.92 Å². The van der Waals surface area contributed by atoms with Crippen LogP contribution in [0.25, 0.3) is 10.2 Å². The van der Waals surface area contributed by atoms with Crippen molar-refractivity contribution in [3.8, 4) is 0 Å². The molecule has 4 nitrogen and oxygen atoms in total. The number of rotatable bonds is 1. The van der Waals surface area contributed by atoms with Gasteiger partial charge >= 0.3 is 5.97 Å². The molecule has 5 heteroatoms. The Morgan fingerprint density at radius 3 is 2.93 bits per heavy atom. The minimum atomic E-state index is -0.969. The highest BCUT2D eigenvalue weighted by Gasteiger charge is 2.12. The second-order valence-electron chi connectivity index (χ2n) is 3.02. The van der Waals surface area contributed by atoms with Gasteiger partial charge in [-0.15, -0.1) is 0 Å². The molecule has 0 bridgehead atoms. The fourth-order valence-electron chi connectivity index (χ4n) is 1.35. The van der Waals surface area contributed by atoms with Gasteiger partial charge in [0.15, 0.2) is 5.13 Å². The van der Waals surface area contributed by atoms with Gasteiger partial charge in [0, 0.05) is 0 Å². The van der Waals surface area contributed by atoms with Crippen LogP contribution in [-0.4, -0.2) is 16.1 Å². The number of fused-ring (bicyclic) bond motifs is 1. The molecule has 2 rings (SSSR count). The molecule has 0 aliphatic rings. The molecule has 0 radical (unpaired) electrons. The van der Waals surface area contributed by atoms with Gasteiger partial charge in [0.1, 0.15) is 0 Å². The van der Waals surface area contributed by atoms with Gasteiger partial charge in [-0.1, -0.05) is 11.3 Å². The topological polar surface area (TPSA) is 76.2 Å². The van der Waals surface area contributed by atoms with Crippen LogP contribution >= 0.6 is 11.3 Å². The van der Waals surface area contributed by atoms with Crippen molar-refractivity contribution in [2.24, 2.45) is 0 Å². The number of carboxylic acid groups (broad SMARTS) is 1. The Hall–Kier alpha value is -1.62. The van der Waals surface area contributed by atoms with E-state index in [0.29, 0.717) is 10.6 Å². The highest BCUT2D eigenvalue weighted by molar-refractivity contribution is 7.22. The third kappa shape index (κ3) is 1.31. The standard InChI is InChI=1S/C9H8N2O2S/c1-4-2-5(8(12)13)7-6(3-4)14-9(10)11-7/h2-3H,1H3,(H2,10,11)(H,12,13). The van der Waals surface area contributed by atoms with Gasteiger partial charge < -0.3 is 10.8 Å². The highest BCUT2D eigenvalue weighted by atomic mass is 32.1. The lowest BCUT2D eigenvalue weighted by molar-refractivity contribution is 0.0699. The predicted octanol–water partition coefficient (Wildman–Crippen LogP) is 1.89. The number of benzene rings is 1. The number of carboxylic acids is 1. The Kier molecular flexibility index (Phi) is 1.89. The largest absolute Gasteiger partial charge is 0.478 e. The predicted molar refractivity (Wildman–Crippen MR) is 55.7 cm³/mol.